The molecule has 3 amide bonds. The lowest BCUT2D eigenvalue weighted by atomic mass is 9.80. The molecule has 1 aromatic carbocycles. The number of hydrogen-bond acceptors (Lipinski definition) is 4. The van der Waals surface area contributed by atoms with Crippen LogP contribution in [0.3, 0.4) is 0 Å². The fourth-order valence-corrected chi connectivity index (χ4v) is 3.41. The van der Waals surface area contributed by atoms with Crippen molar-refractivity contribution in [1.82, 2.24) is 10.8 Å². The summed E-state index contributed by atoms with van der Waals surface area (Å²) in [7, 11) is 0. The van der Waals surface area contributed by atoms with Gasteiger partial charge in [0.05, 0.1) is 5.92 Å². The first kappa shape index (κ1) is 23.9. The molecule has 0 spiro atoms. The molecule has 0 aliphatic carbocycles. The quantitative estimate of drug-likeness (QED) is 0.283. The summed E-state index contributed by atoms with van der Waals surface area (Å²) >= 11 is 5.83. The largest absolute Gasteiger partial charge is 0.368 e. The molecule has 0 aliphatic heterocycles. The number of hydrogen-bond donors (Lipinski definition) is 4. The van der Waals surface area contributed by atoms with Gasteiger partial charge in [-0.25, -0.2) is 5.48 Å². The second kappa shape index (κ2) is 10.4. The van der Waals surface area contributed by atoms with Crippen molar-refractivity contribution in [2.75, 3.05) is 0 Å². The Morgan fingerprint density at radius 3 is 2.14 bits per heavy atom. The molecule has 0 heterocycles. The van der Waals surface area contributed by atoms with Gasteiger partial charge >= 0.3 is 0 Å². The van der Waals surface area contributed by atoms with Crippen molar-refractivity contribution in [3.05, 3.63) is 35.4 Å². The molecule has 0 saturated carbocycles. The Bertz CT molecular complexity index is 686. The molecule has 0 aromatic heterocycles. The van der Waals surface area contributed by atoms with Gasteiger partial charge in [-0.05, 0) is 28.9 Å². The second-order valence-corrected chi connectivity index (χ2v) is 8.21. The van der Waals surface area contributed by atoms with Gasteiger partial charge in [0.25, 0.3) is 0 Å². The van der Waals surface area contributed by atoms with Crippen LogP contribution in [0.5, 0.6) is 0 Å². The van der Waals surface area contributed by atoms with Crippen LogP contribution in [0.4, 0.5) is 0 Å². The monoisotopic (exact) mass is 411 g/mol. The lowest BCUT2D eigenvalue weighted by molar-refractivity contribution is -0.137. The minimum atomic E-state index is -0.893. The van der Waals surface area contributed by atoms with E-state index in [0.29, 0.717) is 12.3 Å². The molecule has 7 nitrogen and oxygen atoms in total. The number of rotatable bonds is 9. The van der Waals surface area contributed by atoms with Gasteiger partial charge in [0.15, 0.2) is 0 Å². The summed E-state index contributed by atoms with van der Waals surface area (Å²) in [5, 5.41) is 11.6. The molecule has 5 N–H and O–H groups in total. The van der Waals surface area contributed by atoms with E-state index in [0.717, 1.165) is 11.1 Å². The topological polar surface area (TPSA) is 122 Å². The van der Waals surface area contributed by atoms with Crippen LogP contribution in [0.15, 0.2) is 24.3 Å². The maximum atomic E-state index is 13.1. The van der Waals surface area contributed by atoms with Crippen LogP contribution in [-0.2, 0) is 20.3 Å². The molecule has 156 valence electrons. The molecule has 2 unspecified atom stereocenters. The van der Waals surface area contributed by atoms with Crippen molar-refractivity contribution in [1.29, 1.82) is 0 Å². The van der Waals surface area contributed by atoms with Crippen molar-refractivity contribution < 1.29 is 19.6 Å². The molecule has 1 aromatic rings. The van der Waals surface area contributed by atoms with E-state index in [1.165, 1.54) is 0 Å². The van der Waals surface area contributed by atoms with Crippen LogP contribution in [0.1, 0.15) is 57.6 Å². The Balaban J connectivity index is 3.22. The van der Waals surface area contributed by atoms with E-state index >= 15 is 0 Å². The van der Waals surface area contributed by atoms with Gasteiger partial charge in [-0.15, -0.1) is 11.6 Å². The number of carbonyl (C=O) groups is 3. The Hall–Kier alpha value is -2.12. The first-order chi connectivity index (χ1) is 13.0. The third kappa shape index (κ3) is 6.49. The molecular weight excluding hydrogens is 382 g/mol. The van der Waals surface area contributed by atoms with Gasteiger partial charge < -0.3 is 11.1 Å². The predicted octanol–water partition coefficient (Wildman–Crippen LogP) is 2.45. The van der Waals surface area contributed by atoms with Crippen molar-refractivity contribution in [3.63, 3.8) is 0 Å². The van der Waals surface area contributed by atoms with Gasteiger partial charge in [-0.1, -0.05) is 52.0 Å². The second-order valence-electron chi connectivity index (χ2n) is 7.95. The van der Waals surface area contributed by atoms with Crippen LogP contribution < -0.4 is 16.5 Å². The zero-order valence-electron chi connectivity index (χ0n) is 16.8. The average Bonchev–Trinajstić information content (AvgIpc) is 2.64. The normalized spacial score (nSPS) is 14.6. The van der Waals surface area contributed by atoms with Crippen LogP contribution in [-0.4, -0.2) is 29.0 Å². The lowest BCUT2D eigenvalue weighted by Crippen LogP contribution is -2.54. The van der Waals surface area contributed by atoms with Gasteiger partial charge in [0, 0.05) is 12.3 Å². The number of alkyl halides is 1. The number of nitrogens with two attached hydrogens (primary N) is 1. The summed E-state index contributed by atoms with van der Waals surface area (Å²) in [4.78, 5) is 36.7. The van der Waals surface area contributed by atoms with E-state index < -0.39 is 35.1 Å². The third-order valence-electron chi connectivity index (χ3n) is 4.79. The average molecular weight is 412 g/mol. The number of halogens is 1. The fraction of sp³-hybridized carbons (Fsp3) is 0.550. The molecule has 0 fully saturated rings. The summed E-state index contributed by atoms with van der Waals surface area (Å²) in [6.07, 6.45) is 0.349. The molecule has 8 heteroatoms. The molecule has 0 bridgehead atoms. The molecule has 0 aliphatic rings. The fourth-order valence-electron chi connectivity index (χ4n) is 3.23. The van der Waals surface area contributed by atoms with E-state index in [9.17, 15) is 14.4 Å². The molecule has 28 heavy (non-hydrogen) atoms. The Kier molecular flexibility index (Phi) is 8.91. The Morgan fingerprint density at radius 1 is 1.18 bits per heavy atom. The molecule has 3 atom stereocenters. The SMILES string of the molecule is CC[C@@H](c1ccc(CCl)cc1)C(CC(=O)NO)C(=O)NC(C(N)=O)C(C)(C)C. The standard InChI is InChI=1S/C20H30ClN3O4/c1-5-14(13-8-6-12(11-21)7-9-13)15(10-16(25)24-28)19(27)23-17(18(22)26)20(2,3)4/h6-9,14-15,17,28H,5,10-11H2,1-4H3,(H2,22,26)(H,23,27)(H,24,25)/t14-,15?,17?/m0/s1. The molecular formula is C20H30ClN3O4. The van der Waals surface area contributed by atoms with Gasteiger partial charge in [0.1, 0.15) is 6.04 Å². The summed E-state index contributed by atoms with van der Waals surface area (Å²) in [5.74, 6) is -2.50. The maximum Gasteiger partial charge on any atom is 0.244 e. The predicted molar refractivity (Wildman–Crippen MR) is 108 cm³/mol. The molecule has 0 saturated heterocycles. The highest BCUT2D eigenvalue weighted by Crippen LogP contribution is 2.32. The minimum Gasteiger partial charge on any atom is -0.368 e. The lowest BCUT2D eigenvalue weighted by Gasteiger charge is -2.32. The van der Waals surface area contributed by atoms with Crippen LogP contribution >= 0.6 is 11.6 Å². The van der Waals surface area contributed by atoms with Crippen LogP contribution in [0, 0.1) is 11.3 Å². The number of carbonyl (C=O) groups excluding carboxylic acids is 3. The number of hydroxylamine groups is 1. The van der Waals surface area contributed by atoms with E-state index in [4.69, 9.17) is 22.5 Å². The number of amides is 3. The zero-order chi connectivity index (χ0) is 21.5. The smallest absolute Gasteiger partial charge is 0.244 e. The van der Waals surface area contributed by atoms with E-state index in [-0.39, 0.29) is 12.3 Å². The highest BCUT2D eigenvalue weighted by Gasteiger charge is 2.36. The van der Waals surface area contributed by atoms with Gasteiger partial charge in [-0.2, -0.15) is 0 Å². The number of primary amides is 1. The summed E-state index contributed by atoms with van der Waals surface area (Å²) < 4.78 is 0. The third-order valence-corrected chi connectivity index (χ3v) is 5.10. The first-order valence-corrected chi connectivity index (χ1v) is 9.76. The van der Waals surface area contributed by atoms with E-state index in [1.54, 1.807) is 26.3 Å². The maximum absolute atomic E-state index is 13.1. The van der Waals surface area contributed by atoms with E-state index in [1.807, 2.05) is 31.2 Å². The minimum absolute atomic E-state index is 0.228. The Labute approximate surface area is 171 Å². The van der Waals surface area contributed by atoms with Crippen LogP contribution in [0.25, 0.3) is 0 Å². The summed E-state index contributed by atoms with van der Waals surface area (Å²) in [6.45, 7) is 7.29. The van der Waals surface area contributed by atoms with Crippen molar-refractivity contribution in [2.45, 2.75) is 58.4 Å². The van der Waals surface area contributed by atoms with Crippen molar-refractivity contribution >= 4 is 29.3 Å². The van der Waals surface area contributed by atoms with Crippen molar-refractivity contribution in [2.24, 2.45) is 17.1 Å². The van der Waals surface area contributed by atoms with Gasteiger partial charge in [-0.3, -0.25) is 19.6 Å². The molecule has 1 rings (SSSR count). The molecule has 0 radical (unpaired) electrons. The van der Waals surface area contributed by atoms with Crippen LogP contribution in [0.2, 0.25) is 0 Å². The Morgan fingerprint density at radius 2 is 1.75 bits per heavy atom. The highest BCUT2D eigenvalue weighted by atomic mass is 35.5. The first-order valence-electron chi connectivity index (χ1n) is 9.22. The summed E-state index contributed by atoms with van der Waals surface area (Å²) in [5.41, 5.74) is 8.26. The van der Waals surface area contributed by atoms with E-state index in [2.05, 4.69) is 5.32 Å². The highest BCUT2D eigenvalue weighted by molar-refractivity contribution is 6.17. The van der Waals surface area contributed by atoms with Crippen molar-refractivity contribution in [3.8, 4) is 0 Å². The number of benzene rings is 1. The van der Waals surface area contributed by atoms with Gasteiger partial charge in [0.2, 0.25) is 17.7 Å². The number of nitrogens with one attached hydrogen (secondary N) is 2. The summed E-state index contributed by atoms with van der Waals surface area (Å²) in [6, 6.07) is 6.59. The zero-order valence-corrected chi connectivity index (χ0v) is 17.5.